The Morgan fingerprint density at radius 2 is 1.75 bits per heavy atom. The summed E-state index contributed by atoms with van der Waals surface area (Å²) in [5.41, 5.74) is 0.851. The van der Waals surface area contributed by atoms with E-state index in [9.17, 15) is 14.0 Å². The van der Waals surface area contributed by atoms with E-state index in [-0.39, 0.29) is 17.8 Å². The van der Waals surface area contributed by atoms with E-state index < -0.39 is 12.1 Å². The van der Waals surface area contributed by atoms with Crippen molar-refractivity contribution in [3.8, 4) is 0 Å². The third-order valence-corrected chi connectivity index (χ3v) is 5.65. The van der Waals surface area contributed by atoms with Crippen molar-refractivity contribution in [1.29, 1.82) is 0 Å². The third-order valence-electron chi connectivity index (χ3n) is 5.65. The summed E-state index contributed by atoms with van der Waals surface area (Å²) in [6, 6.07) is 5.26. The summed E-state index contributed by atoms with van der Waals surface area (Å²) in [4.78, 5) is 39.0. The van der Waals surface area contributed by atoms with Crippen molar-refractivity contribution < 1.29 is 14.0 Å². The number of aliphatic imine (C=N–C) groups is 2. The lowest BCUT2D eigenvalue weighted by Crippen LogP contribution is -2.62. The molecule has 1 unspecified atom stereocenters. The number of benzene rings is 1. The first-order chi connectivity index (χ1) is 13.5. The Morgan fingerprint density at radius 1 is 1.07 bits per heavy atom. The lowest BCUT2D eigenvalue weighted by atomic mass is 9.96. The van der Waals surface area contributed by atoms with Crippen LogP contribution in [0, 0.1) is 5.82 Å². The van der Waals surface area contributed by atoms with Crippen LogP contribution in [-0.4, -0.2) is 64.6 Å². The number of likely N-dealkylation sites (N-methyl/N-ethyl adjacent to an activating group) is 2. The minimum Gasteiger partial charge on any atom is -0.318 e. The Kier molecular flexibility index (Phi) is 4.87. The van der Waals surface area contributed by atoms with Gasteiger partial charge in [0.1, 0.15) is 11.7 Å². The van der Waals surface area contributed by atoms with Gasteiger partial charge in [0.05, 0.1) is 6.04 Å². The number of nitrogens with zero attached hydrogens (tertiary/aromatic N) is 5. The van der Waals surface area contributed by atoms with Crippen LogP contribution < -0.4 is 0 Å². The lowest BCUT2D eigenvalue weighted by Gasteiger charge is -2.36. The van der Waals surface area contributed by atoms with Crippen molar-refractivity contribution in [2.45, 2.75) is 50.7 Å². The summed E-state index contributed by atoms with van der Waals surface area (Å²) in [7, 11) is 3.10. The van der Waals surface area contributed by atoms with Gasteiger partial charge in [0, 0.05) is 20.6 Å². The SMILES string of the molecule is CN1C(=O)C2C(=NC(=NC3CCCCC3)N2Cc2ccc(F)cc2)N(C)C1=O. The summed E-state index contributed by atoms with van der Waals surface area (Å²) in [6.07, 6.45) is 5.51. The zero-order chi connectivity index (χ0) is 19.8. The van der Waals surface area contributed by atoms with Crippen LogP contribution in [0.3, 0.4) is 0 Å². The second kappa shape index (κ2) is 7.33. The molecule has 2 fully saturated rings. The van der Waals surface area contributed by atoms with Crippen LogP contribution in [0.4, 0.5) is 9.18 Å². The van der Waals surface area contributed by atoms with Gasteiger partial charge in [0.25, 0.3) is 5.91 Å². The average molecular weight is 385 g/mol. The second-order valence-electron chi connectivity index (χ2n) is 7.59. The first-order valence-corrected chi connectivity index (χ1v) is 9.68. The molecule has 1 atom stereocenters. The molecule has 28 heavy (non-hydrogen) atoms. The summed E-state index contributed by atoms with van der Waals surface area (Å²) in [6.45, 7) is 0.366. The van der Waals surface area contributed by atoms with Crippen LogP contribution in [-0.2, 0) is 11.3 Å². The van der Waals surface area contributed by atoms with Crippen LogP contribution in [0.2, 0.25) is 0 Å². The van der Waals surface area contributed by atoms with E-state index in [2.05, 4.69) is 4.99 Å². The molecule has 1 saturated heterocycles. The van der Waals surface area contributed by atoms with Gasteiger partial charge in [-0.25, -0.2) is 14.2 Å². The molecule has 0 bridgehead atoms. The molecule has 0 spiro atoms. The monoisotopic (exact) mass is 385 g/mol. The average Bonchev–Trinajstić information content (AvgIpc) is 3.05. The molecule has 1 saturated carbocycles. The number of carbonyl (C=O) groups excluding carboxylic acids is 2. The minimum atomic E-state index is -0.694. The number of amidine groups is 1. The van der Waals surface area contributed by atoms with Gasteiger partial charge in [-0.05, 0) is 30.5 Å². The number of fused-ring (bicyclic) bond motifs is 1. The smallest absolute Gasteiger partial charge is 0.318 e. The van der Waals surface area contributed by atoms with Gasteiger partial charge in [-0.1, -0.05) is 31.4 Å². The predicted octanol–water partition coefficient (Wildman–Crippen LogP) is 2.62. The van der Waals surface area contributed by atoms with Crippen molar-refractivity contribution >= 4 is 23.7 Å². The fraction of sp³-hybridized carbons (Fsp3) is 0.500. The van der Waals surface area contributed by atoms with Crippen LogP contribution in [0.25, 0.3) is 0 Å². The summed E-state index contributed by atoms with van der Waals surface area (Å²) in [5.74, 6) is 0.263. The second-order valence-corrected chi connectivity index (χ2v) is 7.59. The zero-order valence-electron chi connectivity index (χ0n) is 16.1. The minimum absolute atomic E-state index is 0.179. The number of hydrogen-bond acceptors (Lipinski definition) is 3. The van der Waals surface area contributed by atoms with Crippen molar-refractivity contribution in [1.82, 2.24) is 14.7 Å². The van der Waals surface area contributed by atoms with Crippen LogP contribution >= 0.6 is 0 Å². The van der Waals surface area contributed by atoms with Crippen LogP contribution in [0.1, 0.15) is 37.7 Å². The van der Waals surface area contributed by atoms with E-state index >= 15 is 0 Å². The highest BCUT2D eigenvalue weighted by atomic mass is 19.1. The number of hydrogen-bond donors (Lipinski definition) is 0. The summed E-state index contributed by atoms with van der Waals surface area (Å²) >= 11 is 0. The Balaban J connectivity index is 1.70. The largest absolute Gasteiger partial charge is 0.331 e. The molecule has 2 aliphatic heterocycles. The van der Waals surface area contributed by atoms with Crippen molar-refractivity contribution in [2.75, 3.05) is 14.1 Å². The zero-order valence-corrected chi connectivity index (χ0v) is 16.1. The highest BCUT2D eigenvalue weighted by molar-refractivity contribution is 6.25. The van der Waals surface area contributed by atoms with Crippen molar-refractivity contribution in [2.24, 2.45) is 9.98 Å². The van der Waals surface area contributed by atoms with Crippen LogP contribution in [0.15, 0.2) is 34.3 Å². The van der Waals surface area contributed by atoms with E-state index in [1.807, 2.05) is 4.90 Å². The van der Waals surface area contributed by atoms with E-state index in [0.717, 1.165) is 36.1 Å². The highest BCUT2D eigenvalue weighted by Gasteiger charge is 2.49. The molecule has 148 valence electrons. The Labute approximate surface area is 163 Å². The van der Waals surface area contributed by atoms with Gasteiger partial charge in [-0.15, -0.1) is 0 Å². The predicted molar refractivity (Wildman–Crippen MR) is 103 cm³/mol. The molecule has 1 aliphatic carbocycles. The highest BCUT2D eigenvalue weighted by Crippen LogP contribution is 2.27. The molecule has 1 aromatic rings. The number of carbonyl (C=O) groups is 2. The number of halogens is 1. The molecule has 2 heterocycles. The van der Waals surface area contributed by atoms with Crippen LogP contribution in [0.5, 0.6) is 0 Å². The van der Waals surface area contributed by atoms with Gasteiger partial charge in [0.15, 0.2) is 6.04 Å². The fourth-order valence-corrected chi connectivity index (χ4v) is 4.01. The maximum Gasteiger partial charge on any atom is 0.331 e. The van der Waals surface area contributed by atoms with E-state index in [1.54, 1.807) is 19.2 Å². The standard InChI is InChI=1S/C20H24FN5O2/c1-24-17-16(18(27)25(2)20(24)28)26(12-13-8-10-14(21)11-9-13)19(23-17)22-15-6-4-3-5-7-15/h8-11,15-16H,3-7,12H2,1-2H3. The van der Waals surface area contributed by atoms with Gasteiger partial charge in [-0.3, -0.25) is 14.6 Å². The molecule has 0 aromatic heterocycles. The molecule has 4 rings (SSSR count). The molecule has 8 heteroatoms. The molecule has 0 radical (unpaired) electrons. The fourth-order valence-electron chi connectivity index (χ4n) is 4.01. The number of guanidine groups is 1. The molecule has 0 N–H and O–H groups in total. The maximum absolute atomic E-state index is 13.3. The molecule has 3 aliphatic rings. The lowest BCUT2D eigenvalue weighted by molar-refractivity contribution is -0.130. The normalized spacial score (nSPS) is 24.8. The van der Waals surface area contributed by atoms with Crippen molar-refractivity contribution in [3.63, 3.8) is 0 Å². The van der Waals surface area contributed by atoms with Gasteiger partial charge in [0.2, 0.25) is 5.96 Å². The first kappa shape index (κ1) is 18.6. The Morgan fingerprint density at radius 3 is 2.43 bits per heavy atom. The number of amides is 3. The van der Waals surface area contributed by atoms with E-state index in [0.29, 0.717) is 18.3 Å². The topological polar surface area (TPSA) is 68.6 Å². The Hall–Kier alpha value is -2.77. The third kappa shape index (κ3) is 3.27. The molecule has 1 aromatic carbocycles. The molecule has 3 amide bonds. The molecule has 7 nitrogen and oxygen atoms in total. The molecular formula is C20H24FN5O2. The number of urea groups is 1. The Bertz CT molecular complexity index is 845. The maximum atomic E-state index is 13.3. The van der Waals surface area contributed by atoms with Gasteiger partial charge < -0.3 is 4.90 Å². The first-order valence-electron chi connectivity index (χ1n) is 9.68. The van der Waals surface area contributed by atoms with E-state index in [1.165, 1.54) is 30.5 Å². The number of rotatable bonds is 3. The van der Waals surface area contributed by atoms with E-state index in [4.69, 9.17) is 4.99 Å². The number of imide groups is 1. The van der Waals surface area contributed by atoms with Crippen molar-refractivity contribution in [3.05, 3.63) is 35.6 Å². The quantitative estimate of drug-likeness (QED) is 0.803. The summed E-state index contributed by atoms with van der Waals surface area (Å²) in [5, 5.41) is 0. The van der Waals surface area contributed by atoms with Gasteiger partial charge in [-0.2, -0.15) is 4.99 Å². The summed E-state index contributed by atoms with van der Waals surface area (Å²) < 4.78 is 13.3. The van der Waals surface area contributed by atoms with Gasteiger partial charge >= 0.3 is 6.03 Å². The molecular weight excluding hydrogens is 361 g/mol.